The first kappa shape index (κ1) is 17.2. The minimum atomic E-state index is 0.303. The summed E-state index contributed by atoms with van der Waals surface area (Å²) in [5.74, 6) is 0. The maximum absolute atomic E-state index is 11.6. The summed E-state index contributed by atoms with van der Waals surface area (Å²) >= 11 is 0. The maximum Gasteiger partial charge on any atom is 0.166 e. The van der Waals surface area contributed by atoms with E-state index in [4.69, 9.17) is 4.74 Å². The smallest absolute Gasteiger partial charge is 0.166 e. The predicted molar refractivity (Wildman–Crippen MR) is 105 cm³/mol. The molecule has 6 nitrogen and oxygen atoms in total. The lowest BCUT2D eigenvalue weighted by atomic mass is 10.1. The summed E-state index contributed by atoms with van der Waals surface area (Å²) in [6, 6.07) is 17.2. The molecular weight excluding hydrogens is 342 g/mol. The molecule has 2 aromatic carbocycles. The zero-order valence-corrected chi connectivity index (χ0v) is 14.7. The molecule has 1 aliphatic rings. The van der Waals surface area contributed by atoms with Gasteiger partial charge >= 0.3 is 0 Å². The Bertz CT molecular complexity index is 960. The lowest BCUT2D eigenvalue weighted by Crippen LogP contribution is -2.36. The molecule has 0 amide bonds. The van der Waals surface area contributed by atoms with E-state index < -0.39 is 0 Å². The summed E-state index contributed by atoms with van der Waals surface area (Å²) < 4.78 is 7.09. The summed E-state index contributed by atoms with van der Waals surface area (Å²) in [6.45, 7) is 2.88. The molecule has 0 atom stereocenters. The Morgan fingerprint density at radius 1 is 0.963 bits per heavy atom. The average molecular weight is 361 g/mol. The average Bonchev–Trinajstić information content (AvgIpc) is 3.19. The first-order valence-corrected chi connectivity index (χ1v) is 8.83. The fraction of sp³-hybridized carbons (Fsp3) is 0.190. The summed E-state index contributed by atoms with van der Waals surface area (Å²) in [4.78, 5) is 25.3. The van der Waals surface area contributed by atoms with Gasteiger partial charge in [0, 0.05) is 30.5 Å². The summed E-state index contributed by atoms with van der Waals surface area (Å²) in [5.41, 5.74) is 4.21. The van der Waals surface area contributed by atoms with Gasteiger partial charge in [-0.15, -0.1) is 4.91 Å². The van der Waals surface area contributed by atoms with Gasteiger partial charge in [-0.2, -0.15) is 0 Å². The number of morpholine rings is 1. The minimum Gasteiger partial charge on any atom is -0.378 e. The zero-order valence-electron chi connectivity index (χ0n) is 14.7. The van der Waals surface area contributed by atoms with Crippen LogP contribution in [0.3, 0.4) is 0 Å². The Hall–Kier alpha value is -3.25. The largest absolute Gasteiger partial charge is 0.378 e. The number of carbonyl (C=O) groups excluding carboxylic acids is 1. The number of nitroso groups, excluding NO2 is 1. The van der Waals surface area contributed by atoms with Crippen molar-refractivity contribution in [2.45, 2.75) is 0 Å². The van der Waals surface area contributed by atoms with Crippen LogP contribution in [-0.4, -0.2) is 37.2 Å². The molecule has 4 rings (SSSR count). The van der Waals surface area contributed by atoms with Crippen molar-refractivity contribution in [2.24, 2.45) is 5.18 Å². The molecule has 0 spiro atoms. The second kappa shape index (κ2) is 7.55. The van der Waals surface area contributed by atoms with Crippen LogP contribution in [-0.2, 0) is 4.74 Å². The number of aromatic nitrogens is 1. The number of benzene rings is 2. The monoisotopic (exact) mass is 361 g/mol. The van der Waals surface area contributed by atoms with Crippen LogP contribution >= 0.6 is 0 Å². The van der Waals surface area contributed by atoms with Crippen LogP contribution in [0.4, 0.5) is 11.4 Å². The van der Waals surface area contributed by atoms with Crippen LogP contribution in [0.1, 0.15) is 10.5 Å². The standard InChI is InChI=1S/C21H19N3O3/c25-15-19-12-17(16-4-2-1-3-5-16)14-24(19)21-7-6-18(13-20(21)22-26)23-8-10-27-11-9-23/h1-7,12-15H,8-11H2. The van der Waals surface area contributed by atoms with Crippen molar-refractivity contribution in [3.8, 4) is 16.8 Å². The highest BCUT2D eigenvalue weighted by Crippen LogP contribution is 2.32. The Morgan fingerprint density at radius 3 is 2.44 bits per heavy atom. The van der Waals surface area contributed by atoms with E-state index in [0.717, 1.165) is 36.2 Å². The molecule has 2 heterocycles. The molecule has 27 heavy (non-hydrogen) atoms. The molecule has 0 radical (unpaired) electrons. The van der Waals surface area contributed by atoms with Gasteiger partial charge in [-0.05, 0) is 35.0 Å². The number of ether oxygens (including phenoxy) is 1. The molecular formula is C21H19N3O3. The third-order valence-corrected chi connectivity index (χ3v) is 4.77. The molecule has 0 unspecified atom stereocenters. The molecule has 0 bridgehead atoms. The van der Waals surface area contributed by atoms with Crippen molar-refractivity contribution in [1.82, 2.24) is 4.57 Å². The summed E-state index contributed by atoms with van der Waals surface area (Å²) in [6.07, 6.45) is 2.65. The van der Waals surface area contributed by atoms with E-state index in [-0.39, 0.29) is 0 Å². The molecule has 1 aliphatic heterocycles. The molecule has 3 aromatic rings. The first-order chi connectivity index (χ1) is 13.3. The summed E-state index contributed by atoms with van der Waals surface area (Å²) in [5, 5.41) is 3.22. The van der Waals surface area contributed by atoms with Crippen LogP contribution in [0.5, 0.6) is 0 Å². The lowest BCUT2D eigenvalue weighted by Gasteiger charge is -2.29. The van der Waals surface area contributed by atoms with E-state index in [9.17, 15) is 9.70 Å². The van der Waals surface area contributed by atoms with Crippen molar-refractivity contribution >= 4 is 17.7 Å². The Kier molecular flexibility index (Phi) is 4.80. The summed E-state index contributed by atoms with van der Waals surface area (Å²) in [7, 11) is 0. The third-order valence-electron chi connectivity index (χ3n) is 4.77. The SMILES string of the molecule is O=Cc1cc(-c2ccccc2)cn1-c1ccc(N2CCOCC2)cc1N=O. The van der Waals surface area contributed by atoms with Crippen molar-refractivity contribution in [3.63, 3.8) is 0 Å². The number of nitrogens with zero attached hydrogens (tertiary/aromatic N) is 3. The number of aldehydes is 1. The second-order valence-electron chi connectivity index (χ2n) is 6.37. The molecule has 136 valence electrons. The maximum atomic E-state index is 11.6. The van der Waals surface area contributed by atoms with Gasteiger partial charge in [-0.25, -0.2) is 0 Å². The highest BCUT2D eigenvalue weighted by Gasteiger charge is 2.16. The second-order valence-corrected chi connectivity index (χ2v) is 6.37. The Labute approximate surface area is 157 Å². The van der Waals surface area contributed by atoms with E-state index in [2.05, 4.69) is 10.1 Å². The highest BCUT2D eigenvalue weighted by molar-refractivity contribution is 5.81. The zero-order chi connectivity index (χ0) is 18.6. The van der Waals surface area contributed by atoms with Crippen molar-refractivity contribution < 1.29 is 9.53 Å². The normalized spacial score (nSPS) is 14.1. The van der Waals surface area contributed by atoms with Gasteiger partial charge in [0.2, 0.25) is 0 Å². The molecule has 1 aromatic heterocycles. The quantitative estimate of drug-likeness (QED) is 0.505. The number of rotatable bonds is 5. The fourth-order valence-corrected chi connectivity index (χ4v) is 3.37. The minimum absolute atomic E-state index is 0.303. The topological polar surface area (TPSA) is 63.9 Å². The molecule has 0 N–H and O–H groups in total. The van der Waals surface area contributed by atoms with E-state index in [1.807, 2.05) is 54.7 Å². The lowest BCUT2D eigenvalue weighted by molar-refractivity contribution is 0.111. The Balaban J connectivity index is 1.75. The highest BCUT2D eigenvalue weighted by atomic mass is 16.5. The van der Waals surface area contributed by atoms with E-state index >= 15 is 0 Å². The van der Waals surface area contributed by atoms with Crippen LogP contribution in [0, 0.1) is 4.91 Å². The molecule has 0 saturated carbocycles. The van der Waals surface area contributed by atoms with Crippen LogP contribution in [0.15, 0.2) is 66.0 Å². The molecule has 6 heteroatoms. The third kappa shape index (κ3) is 3.39. The number of anilines is 1. The number of hydrogen-bond acceptors (Lipinski definition) is 5. The molecule has 1 fully saturated rings. The van der Waals surface area contributed by atoms with E-state index in [1.165, 1.54) is 0 Å². The van der Waals surface area contributed by atoms with E-state index in [0.29, 0.717) is 30.3 Å². The molecule has 1 saturated heterocycles. The van der Waals surface area contributed by atoms with Crippen LogP contribution in [0.25, 0.3) is 16.8 Å². The van der Waals surface area contributed by atoms with Crippen molar-refractivity contribution in [3.05, 3.63) is 71.4 Å². The van der Waals surface area contributed by atoms with Gasteiger partial charge in [-0.3, -0.25) is 4.79 Å². The van der Waals surface area contributed by atoms with Gasteiger partial charge in [0.1, 0.15) is 5.69 Å². The van der Waals surface area contributed by atoms with Crippen molar-refractivity contribution in [2.75, 3.05) is 31.2 Å². The first-order valence-electron chi connectivity index (χ1n) is 8.83. The van der Waals surface area contributed by atoms with Crippen molar-refractivity contribution in [1.29, 1.82) is 0 Å². The Morgan fingerprint density at radius 2 is 1.74 bits per heavy atom. The van der Waals surface area contributed by atoms with Gasteiger partial charge in [0.05, 0.1) is 24.6 Å². The fourth-order valence-electron chi connectivity index (χ4n) is 3.37. The van der Waals surface area contributed by atoms with Crippen LogP contribution < -0.4 is 4.90 Å². The predicted octanol–water partition coefficient (Wildman–Crippen LogP) is 4.19. The van der Waals surface area contributed by atoms with Gasteiger partial charge in [0.25, 0.3) is 0 Å². The van der Waals surface area contributed by atoms with Gasteiger partial charge < -0.3 is 14.2 Å². The van der Waals surface area contributed by atoms with Gasteiger partial charge in [-0.1, -0.05) is 30.3 Å². The van der Waals surface area contributed by atoms with Gasteiger partial charge in [0.15, 0.2) is 6.29 Å². The number of hydrogen-bond donors (Lipinski definition) is 0. The molecule has 0 aliphatic carbocycles. The van der Waals surface area contributed by atoms with Crippen LogP contribution in [0.2, 0.25) is 0 Å². The number of carbonyl (C=O) groups is 1. The van der Waals surface area contributed by atoms with E-state index in [1.54, 1.807) is 10.6 Å².